The van der Waals surface area contributed by atoms with Gasteiger partial charge < -0.3 is 15.2 Å². The van der Waals surface area contributed by atoms with Crippen molar-refractivity contribution in [2.24, 2.45) is 0 Å². The number of carbonyl (C=O) groups excluding carboxylic acids is 1. The molecule has 0 atom stereocenters. The summed E-state index contributed by atoms with van der Waals surface area (Å²) in [6, 6.07) is 5.14. The summed E-state index contributed by atoms with van der Waals surface area (Å²) in [5, 5.41) is 14.2. The molecule has 0 spiro atoms. The summed E-state index contributed by atoms with van der Waals surface area (Å²) < 4.78 is 6.05. The lowest BCUT2D eigenvalue weighted by atomic mass is 10.3. The fourth-order valence-corrected chi connectivity index (χ4v) is 2.29. The molecule has 1 aromatic heterocycles. The molecule has 1 aromatic carbocycles. The Morgan fingerprint density at radius 1 is 1.56 bits per heavy atom. The molecule has 0 aliphatic carbocycles. The first-order valence-electron chi connectivity index (χ1n) is 5.33. The number of methoxy groups -OCH3 is 1. The smallest absolute Gasteiger partial charge is 0.321 e. The van der Waals surface area contributed by atoms with E-state index in [1.165, 1.54) is 11.3 Å². The number of hydrogen-bond donors (Lipinski definition) is 3. The molecule has 0 saturated heterocycles. The van der Waals surface area contributed by atoms with Crippen molar-refractivity contribution in [3.05, 3.63) is 18.2 Å². The van der Waals surface area contributed by atoms with Gasteiger partial charge in [0.15, 0.2) is 5.13 Å². The SMILES string of the molecule is COc1ccc2nc(NC(=O)NCCO)sc2c1. The number of rotatable bonds is 4. The van der Waals surface area contributed by atoms with Gasteiger partial charge in [-0.15, -0.1) is 0 Å². The van der Waals surface area contributed by atoms with Crippen molar-refractivity contribution in [2.45, 2.75) is 0 Å². The van der Waals surface area contributed by atoms with E-state index in [-0.39, 0.29) is 19.2 Å². The van der Waals surface area contributed by atoms with Crippen molar-refractivity contribution in [3.8, 4) is 5.75 Å². The van der Waals surface area contributed by atoms with Crippen LogP contribution in [-0.4, -0.2) is 36.4 Å². The van der Waals surface area contributed by atoms with E-state index in [9.17, 15) is 4.79 Å². The standard InChI is InChI=1S/C11H13N3O3S/c1-17-7-2-3-8-9(6-7)18-11(13-8)14-10(16)12-4-5-15/h2-3,6,15H,4-5H2,1H3,(H2,12,13,14,16). The summed E-state index contributed by atoms with van der Waals surface area (Å²) >= 11 is 1.36. The van der Waals surface area contributed by atoms with Crippen molar-refractivity contribution in [1.29, 1.82) is 0 Å². The molecular formula is C11H13N3O3S. The molecule has 0 aliphatic rings. The van der Waals surface area contributed by atoms with E-state index in [0.29, 0.717) is 5.13 Å². The summed E-state index contributed by atoms with van der Waals surface area (Å²) in [5.41, 5.74) is 0.804. The summed E-state index contributed by atoms with van der Waals surface area (Å²) in [7, 11) is 1.60. The Bertz CT molecular complexity index is 555. The molecule has 96 valence electrons. The van der Waals surface area contributed by atoms with Gasteiger partial charge in [-0.2, -0.15) is 0 Å². The van der Waals surface area contributed by atoms with E-state index < -0.39 is 0 Å². The highest BCUT2D eigenvalue weighted by Gasteiger charge is 2.07. The molecular weight excluding hydrogens is 254 g/mol. The zero-order chi connectivity index (χ0) is 13.0. The lowest BCUT2D eigenvalue weighted by Gasteiger charge is -2.01. The van der Waals surface area contributed by atoms with Crippen LogP contribution in [0.5, 0.6) is 5.75 Å². The molecule has 6 nitrogen and oxygen atoms in total. The number of anilines is 1. The minimum Gasteiger partial charge on any atom is -0.497 e. The molecule has 18 heavy (non-hydrogen) atoms. The number of amides is 2. The zero-order valence-electron chi connectivity index (χ0n) is 9.77. The molecule has 0 fully saturated rings. The van der Waals surface area contributed by atoms with Gasteiger partial charge in [-0.05, 0) is 18.2 Å². The largest absolute Gasteiger partial charge is 0.497 e. The first-order chi connectivity index (χ1) is 8.72. The van der Waals surface area contributed by atoms with Crippen molar-refractivity contribution in [3.63, 3.8) is 0 Å². The van der Waals surface area contributed by atoms with Crippen LogP contribution in [0.25, 0.3) is 10.2 Å². The Hall–Kier alpha value is -1.86. The molecule has 0 saturated carbocycles. The van der Waals surface area contributed by atoms with Gasteiger partial charge in [0.2, 0.25) is 0 Å². The Labute approximate surface area is 108 Å². The van der Waals surface area contributed by atoms with Gasteiger partial charge in [-0.3, -0.25) is 5.32 Å². The number of aliphatic hydroxyl groups excluding tert-OH is 1. The predicted molar refractivity (Wildman–Crippen MR) is 70.3 cm³/mol. The van der Waals surface area contributed by atoms with Crippen molar-refractivity contribution >= 4 is 32.7 Å². The van der Waals surface area contributed by atoms with Crippen LogP contribution in [0.15, 0.2) is 18.2 Å². The highest BCUT2D eigenvalue weighted by Crippen LogP contribution is 2.28. The maximum absolute atomic E-state index is 11.4. The lowest BCUT2D eigenvalue weighted by Crippen LogP contribution is -2.30. The first-order valence-corrected chi connectivity index (χ1v) is 6.15. The van der Waals surface area contributed by atoms with E-state index in [1.807, 2.05) is 18.2 Å². The topological polar surface area (TPSA) is 83.5 Å². The van der Waals surface area contributed by atoms with E-state index >= 15 is 0 Å². The fraction of sp³-hybridized carbons (Fsp3) is 0.273. The summed E-state index contributed by atoms with van der Waals surface area (Å²) in [4.78, 5) is 15.6. The Balaban J connectivity index is 2.12. The van der Waals surface area contributed by atoms with Crippen LogP contribution in [0.1, 0.15) is 0 Å². The van der Waals surface area contributed by atoms with E-state index in [4.69, 9.17) is 9.84 Å². The second-order valence-electron chi connectivity index (χ2n) is 3.46. The summed E-state index contributed by atoms with van der Waals surface area (Å²) in [5.74, 6) is 0.752. The molecule has 0 aliphatic heterocycles. The third-order valence-corrected chi connectivity index (χ3v) is 3.15. The van der Waals surface area contributed by atoms with Crippen molar-refractivity contribution in [1.82, 2.24) is 10.3 Å². The second-order valence-corrected chi connectivity index (χ2v) is 4.49. The number of hydrogen-bond acceptors (Lipinski definition) is 5. The average molecular weight is 267 g/mol. The van der Waals surface area contributed by atoms with Gasteiger partial charge in [0.05, 0.1) is 23.9 Å². The Kier molecular flexibility index (Phi) is 3.96. The van der Waals surface area contributed by atoms with Crippen LogP contribution in [0.2, 0.25) is 0 Å². The van der Waals surface area contributed by atoms with Crippen LogP contribution in [0.3, 0.4) is 0 Å². The number of fused-ring (bicyclic) bond motifs is 1. The number of carbonyl (C=O) groups is 1. The number of nitrogens with zero attached hydrogens (tertiary/aromatic N) is 1. The molecule has 2 aromatic rings. The number of benzene rings is 1. The van der Waals surface area contributed by atoms with Gasteiger partial charge >= 0.3 is 6.03 Å². The maximum atomic E-state index is 11.4. The Morgan fingerprint density at radius 3 is 3.11 bits per heavy atom. The minimum atomic E-state index is -0.380. The number of aromatic nitrogens is 1. The second kappa shape index (κ2) is 5.65. The molecule has 0 unspecified atom stereocenters. The van der Waals surface area contributed by atoms with Crippen LogP contribution < -0.4 is 15.4 Å². The predicted octanol–water partition coefficient (Wildman–Crippen LogP) is 1.42. The molecule has 0 radical (unpaired) electrons. The van der Waals surface area contributed by atoms with Gasteiger partial charge in [0.1, 0.15) is 5.75 Å². The molecule has 0 bridgehead atoms. The monoisotopic (exact) mass is 267 g/mol. The van der Waals surface area contributed by atoms with Gasteiger partial charge in [0, 0.05) is 6.54 Å². The lowest BCUT2D eigenvalue weighted by molar-refractivity contribution is 0.245. The highest BCUT2D eigenvalue weighted by atomic mass is 32.1. The number of nitrogens with one attached hydrogen (secondary N) is 2. The van der Waals surface area contributed by atoms with Crippen molar-refractivity contribution in [2.75, 3.05) is 25.6 Å². The van der Waals surface area contributed by atoms with E-state index in [2.05, 4.69) is 15.6 Å². The van der Waals surface area contributed by atoms with Gasteiger partial charge in [0.25, 0.3) is 0 Å². The quantitative estimate of drug-likeness (QED) is 0.782. The van der Waals surface area contributed by atoms with E-state index in [1.54, 1.807) is 7.11 Å². The highest BCUT2D eigenvalue weighted by molar-refractivity contribution is 7.22. The van der Waals surface area contributed by atoms with Gasteiger partial charge in [-0.25, -0.2) is 9.78 Å². The zero-order valence-corrected chi connectivity index (χ0v) is 10.6. The fourth-order valence-electron chi connectivity index (χ4n) is 1.40. The molecule has 1 heterocycles. The Morgan fingerprint density at radius 2 is 2.39 bits per heavy atom. The first kappa shape index (κ1) is 12.6. The normalized spacial score (nSPS) is 10.3. The van der Waals surface area contributed by atoms with E-state index in [0.717, 1.165) is 16.0 Å². The third-order valence-electron chi connectivity index (χ3n) is 2.21. The van der Waals surface area contributed by atoms with Crippen LogP contribution in [-0.2, 0) is 0 Å². The molecule has 3 N–H and O–H groups in total. The van der Waals surface area contributed by atoms with Crippen LogP contribution in [0, 0.1) is 0 Å². The number of urea groups is 1. The number of ether oxygens (including phenoxy) is 1. The minimum absolute atomic E-state index is 0.0928. The number of thiazole rings is 1. The maximum Gasteiger partial charge on any atom is 0.321 e. The average Bonchev–Trinajstić information content (AvgIpc) is 2.77. The van der Waals surface area contributed by atoms with Crippen LogP contribution in [0.4, 0.5) is 9.93 Å². The van der Waals surface area contributed by atoms with Gasteiger partial charge in [-0.1, -0.05) is 11.3 Å². The number of aliphatic hydroxyl groups is 1. The third kappa shape index (κ3) is 2.88. The van der Waals surface area contributed by atoms with Crippen molar-refractivity contribution < 1.29 is 14.6 Å². The summed E-state index contributed by atoms with van der Waals surface area (Å²) in [6.45, 7) is 0.120. The molecule has 7 heteroatoms. The summed E-state index contributed by atoms with van der Waals surface area (Å²) in [6.07, 6.45) is 0. The molecule has 2 rings (SSSR count). The van der Waals surface area contributed by atoms with Crippen LogP contribution >= 0.6 is 11.3 Å². The molecule has 2 amide bonds.